The predicted molar refractivity (Wildman–Crippen MR) is 181 cm³/mol. The van der Waals surface area contributed by atoms with Gasteiger partial charge >= 0.3 is 0 Å². The molecule has 1 aromatic heterocycles. The Labute approximate surface area is 273 Å². The second-order valence-corrected chi connectivity index (χ2v) is 15.0. The summed E-state index contributed by atoms with van der Waals surface area (Å²) < 4.78 is 31.8. The van der Waals surface area contributed by atoms with Gasteiger partial charge in [-0.25, -0.2) is 13.4 Å². The molecule has 1 N–H and O–H groups in total. The summed E-state index contributed by atoms with van der Waals surface area (Å²) in [5, 5.41) is 3.75. The number of nitrogens with one attached hydrogen (secondary N) is 1. The average Bonchev–Trinajstić information content (AvgIpc) is 3.04. The summed E-state index contributed by atoms with van der Waals surface area (Å²) in [4.78, 5) is 24.6. The number of hydrogen-bond acceptors (Lipinski definition) is 7. The summed E-state index contributed by atoms with van der Waals surface area (Å²) in [6, 6.07) is 22.9. The Morgan fingerprint density at radius 1 is 1.00 bits per heavy atom. The minimum Gasteiger partial charge on any atom is -0.379 e. The average molecular weight is 692 g/mol. The first kappa shape index (κ1) is 31.8. The summed E-state index contributed by atoms with van der Waals surface area (Å²) in [6.45, 7) is 7.78. The number of aromatic nitrogens is 1. The number of ether oxygens (including phenoxy) is 1. The van der Waals surface area contributed by atoms with E-state index in [1.807, 2.05) is 61.5 Å². The molecule has 10 heteroatoms. The van der Waals surface area contributed by atoms with Gasteiger partial charge in [-0.1, -0.05) is 58.4 Å². The van der Waals surface area contributed by atoms with E-state index in [1.54, 1.807) is 18.2 Å². The Balaban J connectivity index is 1.45. The zero-order valence-corrected chi connectivity index (χ0v) is 28.1. The van der Waals surface area contributed by atoms with Crippen molar-refractivity contribution in [2.24, 2.45) is 0 Å². The molecule has 2 saturated heterocycles. The number of carbonyl (C=O) groups excluding carboxylic acids is 1. The zero-order valence-electron chi connectivity index (χ0n) is 25.7. The number of morpholine rings is 1. The lowest BCUT2D eigenvalue weighted by atomic mass is 9.94. The molecular weight excluding hydrogens is 652 g/mol. The predicted octanol–water partition coefficient (Wildman–Crippen LogP) is 5.86. The van der Waals surface area contributed by atoms with Crippen LogP contribution >= 0.6 is 15.9 Å². The summed E-state index contributed by atoms with van der Waals surface area (Å²) in [6.07, 6.45) is 3.27. The van der Waals surface area contributed by atoms with Crippen LogP contribution in [0, 0.1) is 0 Å². The molecule has 0 spiro atoms. The van der Waals surface area contributed by atoms with Gasteiger partial charge < -0.3 is 10.1 Å². The van der Waals surface area contributed by atoms with Crippen LogP contribution in [-0.2, 0) is 21.1 Å². The maximum Gasteiger partial charge on any atom is 0.252 e. The number of rotatable bonds is 8. The second-order valence-electron chi connectivity index (χ2n) is 12.0. The normalized spacial score (nSPS) is 17.8. The molecule has 6 rings (SSSR count). The Morgan fingerprint density at radius 3 is 2.42 bits per heavy atom. The van der Waals surface area contributed by atoms with E-state index in [2.05, 4.69) is 31.0 Å². The van der Waals surface area contributed by atoms with Crippen molar-refractivity contribution in [2.45, 2.75) is 43.3 Å². The van der Waals surface area contributed by atoms with Gasteiger partial charge in [-0.05, 0) is 68.8 Å². The van der Waals surface area contributed by atoms with Gasteiger partial charge in [0, 0.05) is 52.9 Å². The first-order chi connectivity index (χ1) is 21.7. The molecule has 2 fully saturated rings. The molecule has 3 aromatic carbocycles. The third-order valence-corrected chi connectivity index (χ3v) is 10.6. The van der Waals surface area contributed by atoms with Crippen LogP contribution in [0.2, 0.25) is 0 Å². The topological polar surface area (TPSA) is 91.8 Å². The van der Waals surface area contributed by atoms with Crippen LogP contribution in [0.4, 0.5) is 0 Å². The van der Waals surface area contributed by atoms with Crippen molar-refractivity contribution < 1.29 is 17.9 Å². The molecule has 0 radical (unpaired) electrons. The number of amides is 1. The Bertz CT molecular complexity index is 1790. The zero-order chi connectivity index (χ0) is 31.6. The van der Waals surface area contributed by atoms with Crippen molar-refractivity contribution in [3.8, 4) is 11.3 Å². The van der Waals surface area contributed by atoms with E-state index in [4.69, 9.17) is 9.72 Å². The van der Waals surface area contributed by atoms with E-state index in [9.17, 15) is 13.2 Å². The molecule has 0 saturated carbocycles. The molecule has 0 aliphatic carbocycles. The minimum absolute atomic E-state index is 0.162. The van der Waals surface area contributed by atoms with Crippen molar-refractivity contribution in [2.75, 3.05) is 45.6 Å². The molecule has 45 heavy (non-hydrogen) atoms. The van der Waals surface area contributed by atoms with Gasteiger partial charge in [-0.2, -0.15) is 0 Å². The maximum absolute atomic E-state index is 14.4. The van der Waals surface area contributed by atoms with Crippen molar-refractivity contribution in [1.82, 2.24) is 20.1 Å². The van der Waals surface area contributed by atoms with Crippen LogP contribution in [-0.4, -0.2) is 80.8 Å². The SMILES string of the molecule is C[C@H](NC(=O)c1c(CN2CCC(N3CCOCC3)CC2)c(-c2cccc(Br)c2)nc2ccc(S(C)(=O)=O)cc12)c1ccccc1. The third-order valence-electron chi connectivity index (χ3n) is 8.96. The van der Waals surface area contributed by atoms with Crippen molar-refractivity contribution >= 4 is 42.6 Å². The third kappa shape index (κ3) is 7.31. The highest BCUT2D eigenvalue weighted by Crippen LogP contribution is 2.35. The molecule has 0 bridgehead atoms. The van der Waals surface area contributed by atoms with Gasteiger partial charge in [0.2, 0.25) is 0 Å². The van der Waals surface area contributed by atoms with E-state index in [-0.39, 0.29) is 16.8 Å². The smallest absolute Gasteiger partial charge is 0.252 e. The van der Waals surface area contributed by atoms with Gasteiger partial charge in [-0.3, -0.25) is 14.6 Å². The van der Waals surface area contributed by atoms with E-state index in [0.29, 0.717) is 29.1 Å². The van der Waals surface area contributed by atoms with Crippen LogP contribution < -0.4 is 5.32 Å². The highest BCUT2D eigenvalue weighted by molar-refractivity contribution is 9.10. The van der Waals surface area contributed by atoms with Gasteiger partial charge in [0.25, 0.3) is 5.91 Å². The molecule has 236 valence electrons. The number of sulfone groups is 1. The fourth-order valence-corrected chi connectivity index (χ4v) is 7.55. The van der Waals surface area contributed by atoms with Gasteiger partial charge in [0.1, 0.15) is 0 Å². The van der Waals surface area contributed by atoms with Gasteiger partial charge in [0.05, 0.1) is 40.9 Å². The first-order valence-corrected chi connectivity index (χ1v) is 18.2. The van der Waals surface area contributed by atoms with Crippen molar-refractivity contribution in [3.63, 3.8) is 0 Å². The van der Waals surface area contributed by atoms with Crippen LogP contribution in [0.3, 0.4) is 0 Å². The second kappa shape index (κ2) is 13.7. The maximum atomic E-state index is 14.4. The number of carbonyl (C=O) groups is 1. The molecule has 8 nitrogen and oxygen atoms in total. The molecule has 2 aliphatic heterocycles. The number of benzene rings is 3. The summed E-state index contributed by atoms with van der Waals surface area (Å²) in [5.41, 5.74) is 4.45. The highest BCUT2D eigenvalue weighted by Gasteiger charge is 2.29. The van der Waals surface area contributed by atoms with Gasteiger partial charge in [-0.15, -0.1) is 0 Å². The van der Waals surface area contributed by atoms with Crippen LogP contribution in [0.25, 0.3) is 22.2 Å². The van der Waals surface area contributed by atoms with E-state index < -0.39 is 9.84 Å². The quantitative estimate of drug-likeness (QED) is 0.248. The van der Waals surface area contributed by atoms with E-state index in [1.165, 1.54) is 6.26 Å². The molecule has 3 heterocycles. The molecular formula is C35H39BrN4O4S. The number of piperidine rings is 1. The number of nitrogens with zero attached hydrogens (tertiary/aromatic N) is 3. The fourth-order valence-electron chi connectivity index (χ4n) is 6.50. The number of likely N-dealkylation sites (tertiary alicyclic amines) is 1. The summed E-state index contributed by atoms with van der Waals surface area (Å²) in [7, 11) is -3.52. The molecule has 2 aliphatic rings. The molecule has 1 amide bonds. The van der Waals surface area contributed by atoms with E-state index >= 15 is 0 Å². The first-order valence-electron chi connectivity index (χ1n) is 15.5. The Kier molecular flexibility index (Phi) is 9.68. The molecule has 0 unspecified atom stereocenters. The lowest BCUT2D eigenvalue weighted by molar-refractivity contribution is 0.000226. The van der Waals surface area contributed by atoms with Crippen molar-refractivity contribution in [3.05, 3.63) is 94.0 Å². The van der Waals surface area contributed by atoms with E-state index in [0.717, 1.165) is 79.1 Å². The standard InChI is InChI=1S/C35H39BrN4O4S/c1-24(25-7-4-3-5-8-25)37-35(41)33-30-22-29(45(2,42)43)11-12-32(30)38-34(26-9-6-10-27(36)21-26)31(33)23-39-15-13-28(14-16-39)40-17-19-44-20-18-40/h3-12,21-22,24,28H,13-20,23H2,1-2H3,(H,37,41)/t24-/m0/s1. The lowest BCUT2D eigenvalue weighted by Gasteiger charge is -2.40. The highest BCUT2D eigenvalue weighted by atomic mass is 79.9. The Morgan fingerprint density at radius 2 is 1.73 bits per heavy atom. The Hall–Kier alpha value is -3.15. The minimum atomic E-state index is -3.52. The molecule has 4 aromatic rings. The summed E-state index contributed by atoms with van der Waals surface area (Å²) in [5.74, 6) is -0.251. The molecule has 1 atom stereocenters. The van der Waals surface area contributed by atoms with Crippen LogP contribution in [0.5, 0.6) is 0 Å². The monoisotopic (exact) mass is 690 g/mol. The summed E-state index contributed by atoms with van der Waals surface area (Å²) >= 11 is 3.62. The largest absolute Gasteiger partial charge is 0.379 e. The lowest BCUT2D eigenvalue weighted by Crippen LogP contribution is -2.48. The van der Waals surface area contributed by atoms with Crippen LogP contribution in [0.1, 0.15) is 47.3 Å². The number of hydrogen-bond donors (Lipinski definition) is 1. The van der Waals surface area contributed by atoms with Crippen molar-refractivity contribution in [1.29, 1.82) is 0 Å². The van der Waals surface area contributed by atoms with Crippen LogP contribution in [0.15, 0.2) is 82.2 Å². The number of fused-ring (bicyclic) bond motifs is 1. The number of pyridine rings is 1. The number of halogens is 1. The van der Waals surface area contributed by atoms with Gasteiger partial charge in [0.15, 0.2) is 9.84 Å². The fraction of sp³-hybridized carbons (Fsp3) is 0.371.